The van der Waals surface area contributed by atoms with Crippen molar-refractivity contribution < 1.29 is 9.59 Å². The molecule has 3 nitrogen and oxygen atoms in total. The predicted molar refractivity (Wildman–Crippen MR) is 247 cm³/mol. The second-order valence-corrected chi connectivity index (χ2v) is 25.0. The van der Waals surface area contributed by atoms with Crippen LogP contribution >= 0.6 is 34.0 Å². The average molecular weight is 822 g/mol. The second-order valence-electron chi connectivity index (χ2n) is 17.3. The Morgan fingerprint density at radius 2 is 1.07 bits per heavy atom. The molecule has 5 heterocycles. The lowest BCUT2D eigenvalue weighted by atomic mass is 10.0. The molecule has 2 amide bonds. The second kappa shape index (κ2) is 22.6. The Bertz CT molecular complexity index is 1650. The monoisotopic (exact) mass is 821 g/mol. The smallest absolute Gasteiger partial charge is 0.263 e. The van der Waals surface area contributed by atoms with E-state index in [2.05, 4.69) is 53.7 Å². The number of hydrogen-bond acceptors (Lipinski definition) is 5. The summed E-state index contributed by atoms with van der Waals surface area (Å²) in [5.41, 5.74) is 1.40. The van der Waals surface area contributed by atoms with Gasteiger partial charge in [-0.3, -0.25) is 14.5 Å². The maximum absolute atomic E-state index is 14.1. The number of carbonyl (C=O) groups is 2. The number of imide groups is 1. The van der Waals surface area contributed by atoms with Crippen LogP contribution in [0.25, 0.3) is 19.5 Å². The van der Waals surface area contributed by atoms with Crippen LogP contribution in [-0.4, -0.2) is 31.3 Å². The summed E-state index contributed by atoms with van der Waals surface area (Å²) in [5.74, 6) is 0.671. The summed E-state index contributed by atoms with van der Waals surface area (Å²) in [4.78, 5) is 37.3. The van der Waals surface area contributed by atoms with E-state index in [1.807, 2.05) is 22.7 Å². The summed E-state index contributed by atoms with van der Waals surface area (Å²) in [7, 11) is -2.01. The molecule has 3 aromatic heterocycles. The molecule has 0 saturated carbocycles. The maximum atomic E-state index is 14.1. The highest BCUT2D eigenvalue weighted by Crippen LogP contribution is 2.49. The number of nitrogens with zero attached hydrogens (tertiary/aromatic N) is 1. The minimum absolute atomic E-state index is 0.0449. The fourth-order valence-electron chi connectivity index (χ4n) is 9.65. The summed E-state index contributed by atoms with van der Waals surface area (Å²) in [6, 6.07) is 7.85. The van der Waals surface area contributed by atoms with Crippen molar-refractivity contribution in [1.29, 1.82) is 0 Å². The Hall–Kier alpha value is -1.54. The normalized spacial score (nSPS) is 16.7. The van der Waals surface area contributed by atoms with Crippen LogP contribution in [0.4, 0.5) is 0 Å². The fraction of sp³-hybridized carbons (Fsp3) is 0.708. The van der Waals surface area contributed by atoms with Crippen molar-refractivity contribution >= 4 is 64.3 Å². The molecule has 0 fully saturated rings. The highest BCUT2D eigenvalue weighted by molar-refractivity contribution is 7.32. The lowest BCUT2D eigenvalue weighted by Gasteiger charge is -2.33. The fourth-order valence-corrected chi connectivity index (χ4v) is 20.7. The molecular weight excluding hydrogens is 747 g/mol. The van der Waals surface area contributed by atoms with Crippen LogP contribution in [0.1, 0.15) is 212 Å². The number of unbranched alkanes of at least 4 members (excludes halogenated alkanes) is 19. The molecule has 2 aliphatic heterocycles. The van der Waals surface area contributed by atoms with E-state index in [1.54, 1.807) is 31.5 Å². The lowest BCUT2D eigenvalue weighted by Crippen LogP contribution is -2.55. The Morgan fingerprint density at radius 1 is 0.564 bits per heavy atom. The van der Waals surface area contributed by atoms with Crippen molar-refractivity contribution in [2.75, 3.05) is 6.54 Å². The molecule has 0 radical (unpaired) electrons. The van der Waals surface area contributed by atoms with E-state index in [1.165, 1.54) is 168 Å². The first-order valence-electron chi connectivity index (χ1n) is 23.1. The van der Waals surface area contributed by atoms with E-state index in [9.17, 15) is 9.59 Å². The number of thiophene rings is 3. The third-order valence-corrected chi connectivity index (χ3v) is 22.3. The van der Waals surface area contributed by atoms with Crippen LogP contribution in [0.15, 0.2) is 12.1 Å². The Balaban J connectivity index is 1.26. The predicted octanol–water partition coefficient (Wildman–Crippen LogP) is 15.4. The van der Waals surface area contributed by atoms with Gasteiger partial charge in [0.15, 0.2) is 0 Å². The van der Waals surface area contributed by atoms with Crippen LogP contribution in [0.3, 0.4) is 0 Å². The zero-order valence-electron chi connectivity index (χ0n) is 35.8. The first kappa shape index (κ1) is 44.6. The molecule has 0 aromatic carbocycles. The van der Waals surface area contributed by atoms with E-state index in [0.717, 1.165) is 28.5 Å². The van der Waals surface area contributed by atoms with Crippen molar-refractivity contribution in [2.45, 2.75) is 208 Å². The minimum atomic E-state index is -2.01. The van der Waals surface area contributed by atoms with Gasteiger partial charge in [0.2, 0.25) is 0 Å². The molecule has 0 saturated heterocycles. The molecule has 7 heteroatoms. The van der Waals surface area contributed by atoms with E-state index in [4.69, 9.17) is 0 Å². The van der Waals surface area contributed by atoms with Crippen molar-refractivity contribution in [3.63, 3.8) is 0 Å². The Labute approximate surface area is 349 Å². The largest absolute Gasteiger partial charge is 0.274 e. The van der Waals surface area contributed by atoms with E-state index >= 15 is 0 Å². The number of aryl methyl sites for hydroxylation is 2. The first-order valence-corrected chi connectivity index (χ1v) is 27.9. The Kier molecular flexibility index (Phi) is 18.3. The van der Waals surface area contributed by atoms with Crippen LogP contribution in [0.5, 0.6) is 0 Å². The average Bonchev–Trinajstić information content (AvgIpc) is 3.97. The quantitative estimate of drug-likeness (QED) is 0.0397. The minimum Gasteiger partial charge on any atom is -0.274 e. The molecule has 2 unspecified atom stereocenters. The SMILES string of the molecule is CCCCCCCCCCCCCCCCN1C(=O)c2c(C)sc(-c3cc4c(s3)-c3sc(C)cc3[Si]4(CCCCCCCC)CC(CC)CCCC)c2C1=O. The maximum Gasteiger partial charge on any atom is 0.263 e. The van der Waals surface area contributed by atoms with Crippen LogP contribution in [0, 0.1) is 19.8 Å². The van der Waals surface area contributed by atoms with E-state index in [-0.39, 0.29) is 11.8 Å². The molecular formula is C48H75NO2S3Si. The number of rotatable bonds is 29. The van der Waals surface area contributed by atoms with Gasteiger partial charge in [-0.15, -0.1) is 34.0 Å². The number of fused-ring (bicyclic) bond motifs is 4. The van der Waals surface area contributed by atoms with Gasteiger partial charge >= 0.3 is 0 Å². The van der Waals surface area contributed by atoms with Gasteiger partial charge in [0, 0.05) is 30.9 Å². The van der Waals surface area contributed by atoms with Crippen molar-refractivity contribution in [3.05, 3.63) is 33.0 Å². The topological polar surface area (TPSA) is 37.4 Å². The number of hydrogen-bond donors (Lipinski definition) is 0. The van der Waals surface area contributed by atoms with Gasteiger partial charge in [-0.2, -0.15) is 0 Å². The molecule has 0 N–H and O–H groups in total. The summed E-state index contributed by atoms with van der Waals surface area (Å²) in [5, 5.41) is 3.39. The zero-order valence-corrected chi connectivity index (χ0v) is 39.3. The van der Waals surface area contributed by atoms with E-state index in [0.29, 0.717) is 17.7 Å². The standard InChI is InChI=1S/C48H75NO2S3Si/c1-7-11-14-16-18-19-20-21-22-23-24-25-26-28-31-49-47(50)42-37(6)53-44(43(42)48(49)51)39-34-41-46(54-39)45-40(33-36(5)52-45)55(41,32-29-27-17-15-12-8-2)35-38(10-4)30-13-9-3/h33-34,38H,7-32,35H2,1-6H3. The highest BCUT2D eigenvalue weighted by atomic mass is 32.1. The molecule has 0 spiro atoms. The van der Waals surface area contributed by atoms with Crippen LogP contribution < -0.4 is 10.4 Å². The third kappa shape index (κ3) is 10.9. The molecule has 2 atom stereocenters. The molecule has 0 aliphatic carbocycles. The Morgan fingerprint density at radius 3 is 1.65 bits per heavy atom. The lowest BCUT2D eigenvalue weighted by molar-refractivity contribution is 0.0651. The number of carbonyl (C=O) groups excluding carboxylic acids is 2. The first-order chi connectivity index (χ1) is 26.8. The third-order valence-electron chi connectivity index (χ3n) is 12.9. The van der Waals surface area contributed by atoms with Gasteiger partial charge in [0.1, 0.15) is 8.07 Å². The molecule has 3 aromatic rings. The van der Waals surface area contributed by atoms with Gasteiger partial charge < -0.3 is 0 Å². The molecule has 0 bridgehead atoms. The van der Waals surface area contributed by atoms with Gasteiger partial charge in [-0.05, 0) is 60.8 Å². The van der Waals surface area contributed by atoms with Crippen molar-refractivity contribution in [2.24, 2.45) is 5.92 Å². The summed E-state index contributed by atoms with van der Waals surface area (Å²) in [6.45, 7) is 14.3. The van der Waals surface area contributed by atoms with Gasteiger partial charge in [0.05, 0.1) is 16.0 Å². The van der Waals surface area contributed by atoms with Crippen molar-refractivity contribution in [3.8, 4) is 19.5 Å². The zero-order chi connectivity index (χ0) is 39.2. The van der Waals surface area contributed by atoms with Crippen LogP contribution in [-0.2, 0) is 0 Å². The van der Waals surface area contributed by atoms with E-state index < -0.39 is 8.07 Å². The molecule has 2 aliphatic rings. The summed E-state index contributed by atoms with van der Waals surface area (Å²) < 4.78 is 0. The van der Waals surface area contributed by atoms with Crippen molar-refractivity contribution in [1.82, 2.24) is 4.90 Å². The highest BCUT2D eigenvalue weighted by Gasteiger charge is 2.49. The van der Waals surface area contributed by atoms with Gasteiger partial charge in [-0.25, -0.2) is 0 Å². The summed E-state index contributed by atoms with van der Waals surface area (Å²) >= 11 is 5.63. The summed E-state index contributed by atoms with van der Waals surface area (Å²) in [6.07, 6.45) is 31.5. The molecule has 55 heavy (non-hydrogen) atoms. The number of amides is 2. The van der Waals surface area contributed by atoms with Crippen LogP contribution in [0.2, 0.25) is 12.1 Å². The molecule has 306 valence electrons. The van der Waals surface area contributed by atoms with Gasteiger partial charge in [0.25, 0.3) is 11.8 Å². The van der Waals surface area contributed by atoms with Gasteiger partial charge in [-0.1, -0.05) is 175 Å². The molecule has 5 rings (SSSR count).